The van der Waals surface area contributed by atoms with Gasteiger partial charge in [0.2, 0.25) is 6.79 Å². The zero-order valence-corrected chi connectivity index (χ0v) is 21.7. The molecule has 0 fully saturated rings. The summed E-state index contributed by atoms with van der Waals surface area (Å²) in [5, 5.41) is 8.93. The molecule has 42 heavy (non-hydrogen) atoms. The number of esters is 2. The minimum atomic E-state index is -0.703. The third kappa shape index (κ3) is 3.54. The topological polar surface area (TPSA) is 141 Å². The van der Waals surface area contributed by atoms with E-state index in [0.29, 0.717) is 61.6 Å². The maximum absolute atomic E-state index is 13.6. The van der Waals surface area contributed by atoms with Crippen molar-refractivity contribution in [2.75, 3.05) is 6.79 Å². The molecular weight excluding hydrogens is 544 g/mol. The predicted molar refractivity (Wildman–Crippen MR) is 143 cm³/mol. The maximum atomic E-state index is 13.6. The van der Waals surface area contributed by atoms with Crippen molar-refractivity contribution >= 4 is 28.5 Å². The van der Waals surface area contributed by atoms with Gasteiger partial charge in [0.05, 0.1) is 28.7 Å². The molecule has 1 aliphatic carbocycles. The fourth-order valence-electron chi connectivity index (χ4n) is 5.58. The quantitative estimate of drug-likeness (QED) is 0.288. The van der Waals surface area contributed by atoms with Crippen molar-refractivity contribution in [1.82, 2.24) is 19.6 Å². The van der Waals surface area contributed by atoms with E-state index in [1.54, 1.807) is 60.8 Å². The van der Waals surface area contributed by atoms with Gasteiger partial charge in [0, 0.05) is 27.5 Å². The second-order valence-corrected chi connectivity index (χ2v) is 9.97. The maximum Gasteiger partial charge on any atom is 0.338 e. The first-order valence-electron chi connectivity index (χ1n) is 13.0. The Kier molecular flexibility index (Phi) is 5.07. The van der Waals surface area contributed by atoms with E-state index in [9.17, 15) is 19.2 Å². The van der Waals surface area contributed by atoms with E-state index < -0.39 is 24.0 Å². The van der Waals surface area contributed by atoms with Gasteiger partial charge in [-0.15, -0.1) is 5.10 Å². The van der Waals surface area contributed by atoms with Crippen LogP contribution < -0.4 is 15.0 Å². The molecule has 0 atom stereocenters. The molecule has 5 aromatic rings. The van der Waals surface area contributed by atoms with Gasteiger partial charge in [-0.05, 0) is 30.3 Å². The number of nitrogens with zero attached hydrogens (tertiary/aromatic N) is 4. The molecule has 0 saturated carbocycles. The number of cyclic esters (lactones) is 1. The van der Waals surface area contributed by atoms with Crippen LogP contribution in [0.2, 0.25) is 0 Å². The molecule has 0 saturated heterocycles. The average molecular weight is 562 g/mol. The lowest BCUT2D eigenvalue weighted by Gasteiger charge is -2.14. The molecule has 0 bridgehead atoms. The fourth-order valence-corrected chi connectivity index (χ4v) is 5.58. The van der Waals surface area contributed by atoms with E-state index >= 15 is 0 Å². The predicted octanol–water partition coefficient (Wildman–Crippen LogP) is 2.94. The minimum absolute atomic E-state index is 0.0275. The van der Waals surface area contributed by atoms with E-state index in [1.807, 2.05) is 0 Å². The molecule has 4 heterocycles. The summed E-state index contributed by atoms with van der Waals surface area (Å²) >= 11 is 0. The molecule has 12 nitrogen and oxygen atoms in total. The first-order chi connectivity index (χ1) is 20.5. The van der Waals surface area contributed by atoms with Crippen LogP contribution in [0.4, 0.5) is 0 Å². The molecule has 0 unspecified atom stereocenters. The Bertz CT molecular complexity index is 2090. The van der Waals surface area contributed by atoms with Gasteiger partial charge in [0.1, 0.15) is 25.5 Å². The SMILES string of the molecule is O=C(Cn1c2c(c3ccccc3c1=O)C(=O)c1cc3c(cc1-2)OCO3)OCc1cn(-c2ccc3c(c2)C(=O)OC3)nn1. The highest BCUT2D eigenvalue weighted by Crippen LogP contribution is 2.45. The average Bonchev–Trinajstić information content (AvgIpc) is 3.80. The molecule has 3 aliphatic rings. The lowest BCUT2D eigenvalue weighted by molar-refractivity contribution is -0.145. The summed E-state index contributed by atoms with van der Waals surface area (Å²) < 4.78 is 24.2. The largest absolute Gasteiger partial charge is 0.458 e. The van der Waals surface area contributed by atoms with E-state index in [2.05, 4.69) is 10.3 Å². The minimum Gasteiger partial charge on any atom is -0.458 e. The summed E-state index contributed by atoms with van der Waals surface area (Å²) in [6, 6.07) is 15.3. The Morgan fingerprint density at radius 3 is 2.52 bits per heavy atom. The van der Waals surface area contributed by atoms with Gasteiger partial charge in [-0.2, -0.15) is 0 Å². The van der Waals surface area contributed by atoms with Crippen molar-refractivity contribution in [1.29, 1.82) is 0 Å². The molecule has 0 N–H and O–H groups in total. The lowest BCUT2D eigenvalue weighted by Crippen LogP contribution is -2.27. The number of carbonyl (C=O) groups excluding carboxylic acids is 3. The fraction of sp³-hybridized carbons (Fsp3) is 0.133. The zero-order valence-electron chi connectivity index (χ0n) is 21.7. The first kappa shape index (κ1) is 24.1. The summed E-state index contributed by atoms with van der Waals surface area (Å²) in [6.07, 6.45) is 1.58. The summed E-state index contributed by atoms with van der Waals surface area (Å²) in [6.45, 7) is -0.376. The molecule has 3 aromatic carbocycles. The standard InChI is InChI=1S/C30H18N4O8/c35-25(39-13-16-10-34(32-31-16)17-6-5-15-12-40-30(38)20(15)7-17)11-33-27-21-8-23-24(42-14-41-23)9-22(21)28(36)26(27)18-3-1-2-4-19(18)29(33)37/h1-10H,11-14H2. The number of fused-ring (bicyclic) bond motifs is 7. The van der Waals surface area contributed by atoms with Gasteiger partial charge in [-0.3, -0.25) is 19.0 Å². The van der Waals surface area contributed by atoms with E-state index in [4.69, 9.17) is 18.9 Å². The highest BCUT2D eigenvalue weighted by Gasteiger charge is 2.35. The third-order valence-electron chi connectivity index (χ3n) is 7.56. The van der Waals surface area contributed by atoms with Gasteiger partial charge in [0.15, 0.2) is 17.3 Å². The second-order valence-electron chi connectivity index (χ2n) is 9.97. The number of pyridine rings is 1. The summed E-state index contributed by atoms with van der Waals surface area (Å²) in [5.41, 5.74) is 3.29. The molecular formula is C30H18N4O8. The number of hydrogen-bond donors (Lipinski definition) is 0. The zero-order chi connectivity index (χ0) is 28.5. The van der Waals surface area contributed by atoms with Crippen LogP contribution in [0, 0.1) is 0 Å². The Morgan fingerprint density at radius 1 is 0.905 bits per heavy atom. The van der Waals surface area contributed by atoms with Gasteiger partial charge in [-0.25, -0.2) is 9.48 Å². The normalized spacial score (nSPS) is 14.1. The first-order valence-corrected chi connectivity index (χ1v) is 13.0. The van der Waals surface area contributed by atoms with Crippen LogP contribution in [0.15, 0.2) is 65.6 Å². The number of carbonyl (C=O) groups is 3. The number of ketones is 1. The van der Waals surface area contributed by atoms with Gasteiger partial charge < -0.3 is 18.9 Å². The Morgan fingerprint density at radius 2 is 1.69 bits per heavy atom. The molecule has 0 spiro atoms. The van der Waals surface area contributed by atoms with Crippen molar-refractivity contribution in [3.63, 3.8) is 0 Å². The van der Waals surface area contributed by atoms with Crippen molar-refractivity contribution in [3.8, 4) is 28.4 Å². The number of rotatable bonds is 5. The van der Waals surface area contributed by atoms with Crippen LogP contribution in [0.3, 0.4) is 0 Å². The molecule has 2 aliphatic heterocycles. The Balaban J connectivity index is 1.09. The lowest BCUT2D eigenvalue weighted by atomic mass is 10.0. The molecule has 2 aromatic heterocycles. The number of hydrogen-bond acceptors (Lipinski definition) is 10. The highest BCUT2D eigenvalue weighted by molar-refractivity contribution is 6.27. The van der Waals surface area contributed by atoms with Gasteiger partial charge in [-0.1, -0.05) is 29.5 Å². The summed E-state index contributed by atoms with van der Waals surface area (Å²) in [5.74, 6) is -0.474. The van der Waals surface area contributed by atoms with Crippen LogP contribution in [0.1, 0.15) is 37.5 Å². The molecule has 0 amide bonds. The summed E-state index contributed by atoms with van der Waals surface area (Å²) in [7, 11) is 0. The highest BCUT2D eigenvalue weighted by atomic mass is 16.7. The van der Waals surface area contributed by atoms with Crippen LogP contribution >= 0.6 is 0 Å². The van der Waals surface area contributed by atoms with Crippen LogP contribution in [-0.2, 0) is 34.0 Å². The van der Waals surface area contributed by atoms with Crippen LogP contribution in [-0.4, -0.2) is 44.1 Å². The molecule has 206 valence electrons. The van der Waals surface area contributed by atoms with E-state index in [-0.39, 0.29) is 25.8 Å². The Hall–Kier alpha value is -5.78. The number of benzene rings is 3. The van der Waals surface area contributed by atoms with Crippen molar-refractivity contribution in [2.24, 2.45) is 0 Å². The van der Waals surface area contributed by atoms with Crippen LogP contribution in [0.25, 0.3) is 27.7 Å². The van der Waals surface area contributed by atoms with Crippen molar-refractivity contribution < 1.29 is 33.3 Å². The van der Waals surface area contributed by atoms with Crippen LogP contribution in [0.5, 0.6) is 11.5 Å². The molecule has 0 radical (unpaired) electrons. The Labute approximate surface area is 235 Å². The van der Waals surface area contributed by atoms with Gasteiger partial charge >= 0.3 is 11.9 Å². The number of ether oxygens (including phenoxy) is 4. The van der Waals surface area contributed by atoms with Crippen molar-refractivity contribution in [2.45, 2.75) is 19.8 Å². The summed E-state index contributed by atoms with van der Waals surface area (Å²) in [4.78, 5) is 52.2. The van der Waals surface area contributed by atoms with E-state index in [0.717, 1.165) is 5.56 Å². The van der Waals surface area contributed by atoms with E-state index in [1.165, 1.54) is 9.25 Å². The third-order valence-corrected chi connectivity index (χ3v) is 7.56. The smallest absolute Gasteiger partial charge is 0.338 e. The monoisotopic (exact) mass is 562 g/mol. The molecule has 8 rings (SSSR count). The number of aromatic nitrogens is 4. The second kappa shape index (κ2) is 8.86. The van der Waals surface area contributed by atoms with Crippen molar-refractivity contribution in [3.05, 3.63) is 99.1 Å². The molecule has 12 heteroatoms. The van der Waals surface area contributed by atoms with Gasteiger partial charge in [0.25, 0.3) is 5.56 Å².